The summed E-state index contributed by atoms with van der Waals surface area (Å²) in [7, 11) is 0. The van der Waals surface area contributed by atoms with Crippen LogP contribution in [0.15, 0.2) is 24.3 Å². The van der Waals surface area contributed by atoms with Gasteiger partial charge in [-0.05, 0) is 31.5 Å². The second-order valence-corrected chi connectivity index (χ2v) is 5.41. The van der Waals surface area contributed by atoms with Crippen LogP contribution >= 0.6 is 11.6 Å². The third kappa shape index (κ3) is 4.19. The van der Waals surface area contributed by atoms with E-state index in [4.69, 9.17) is 17.3 Å². The summed E-state index contributed by atoms with van der Waals surface area (Å²) < 4.78 is 0. The van der Waals surface area contributed by atoms with Gasteiger partial charge in [0.25, 0.3) is 0 Å². The largest absolute Gasteiger partial charge is 0.378 e. The molecule has 0 aliphatic heterocycles. The van der Waals surface area contributed by atoms with E-state index in [-0.39, 0.29) is 29.3 Å². The van der Waals surface area contributed by atoms with Crippen molar-refractivity contribution >= 4 is 40.6 Å². The fourth-order valence-corrected chi connectivity index (χ4v) is 2.02. The maximum atomic E-state index is 11.2. The van der Waals surface area contributed by atoms with Crippen molar-refractivity contribution in [2.75, 3.05) is 16.4 Å². The van der Waals surface area contributed by atoms with Gasteiger partial charge in [-0.1, -0.05) is 24.6 Å². The lowest BCUT2D eigenvalue weighted by Crippen LogP contribution is -2.17. The number of nitrogens with two attached hydrogens (primary N) is 1. The monoisotopic (exact) mass is 336 g/mol. The summed E-state index contributed by atoms with van der Waals surface area (Å²) in [4.78, 5) is 18.8. The van der Waals surface area contributed by atoms with Gasteiger partial charge in [0.1, 0.15) is 0 Å². The molecule has 0 amide bonds. The first kappa shape index (κ1) is 16.8. The molecule has 0 saturated carbocycles. The van der Waals surface area contributed by atoms with Gasteiger partial charge in [0.2, 0.25) is 17.6 Å². The van der Waals surface area contributed by atoms with Gasteiger partial charge in [-0.25, -0.2) is 0 Å². The SMILES string of the molecule is CC[C@H](C)Nc1nc(N)c([N+](=O)[O-])c(Nc2cccc(Cl)c2)n1. The molecule has 1 aromatic heterocycles. The zero-order valence-corrected chi connectivity index (χ0v) is 13.5. The summed E-state index contributed by atoms with van der Waals surface area (Å²) in [5.41, 5.74) is 5.91. The lowest BCUT2D eigenvalue weighted by Gasteiger charge is -2.14. The number of benzene rings is 1. The summed E-state index contributed by atoms with van der Waals surface area (Å²) in [6, 6.07) is 6.88. The fourth-order valence-electron chi connectivity index (χ4n) is 1.83. The maximum absolute atomic E-state index is 11.2. The van der Waals surface area contributed by atoms with Crippen molar-refractivity contribution in [3.63, 3.8) is 0 Å². The second-order valence-electron chi connectivity index (χ2n) is 4.98. The number of aromatic nitrogens is 2. The minimum absolute atomic E-state index is 0.00979. The minimum atomic E-state index is -0.616. The topological polar surface area (TPSA) is 119 Å². The molecule has 1 aromatic carbocycles. The highest BCUT2D eigenvalue weighted by Gasteiger charge is 2.23. The average molecular weight is 337 g/mol. The molecule has 1 atom stereocenters. The van der Waals surface area contributed by atoms with E-state index in [1.54, 1.807) is 24.3 Å². The number of nitro groups is 1. The zero-order valence-electron chi connectivity index (χ0n) is 12.7. The Hall–Kier alpha value is -2.61. The third-order valence-corrected chi connectivity index (χ3v) is 3.40. The lowest BCUT2D eigenvalue weighted by molar-refractivity contribution is -0.383. The molecular formula is C14H17ClN6O2. The molecule has 8 nitrogen and oxygen atoms in total. The average Bonchev–Trinajstić information content (AvgIpc) is 2.46. The molecule has 4 N–H and O–H groups in total. The Morgan fingerprint density at radius 2 is 2.17 bits per heavy atom. The molecule has 0 spiro atoms. The van der Waals surface area contributed by atoms with E-state index in [1.807, 2.05) is 13.8 Å². The third-order valence-electron chi connectivity index (χ3n) is 3.17. The highest BCUT2D eigenvalue weighted by Crippen LogP contribution is 2.32. The molecule has 0 bridgehead atoms. The van der Waals surface area contributed by atoms with Crippen LogP contribution in [0, 0.1) is 10.1 Å². The summed E-state index contributed by atoms with van der Waals surface area (Å²) in [6.45, 7) is 3.95. The van der Waals surface area contributed by atoms with Gasteiger partial charge in [0.15, 0.2) is 0 Å². The van der Waals surface area contributed by atoms with Crippen LogP contribution in [-0.2, 0) is 0 Å². The van der Waals surface area contributed by atoms with E-state index < -0.39 is 4.92 Å². The van der Waals surface area contributed by atoms with E-state index in [0.29, 0.717) is 10.7 Å². The summed E-state index contributed by atoms with van der Waals surface area (Å²) in [5.74, 6) is 0.0304. The van der Waals surface area contributed by atoms with Gasteiger partial charge in [-0.3, -0.25) is 10.1 Å². The Kier molecular flexibility index (Phi) is 5.17. The van der Waals surface area contributed by atoms with Crippen molar-refractivity contribution in [2.45, 2.75) is 26.3 Å². The van der Waals surface area contributed by atoms with Crippen molar-refractivity contribution in [1.82, 2.24) is 9.97 Å². The first-order valence-electron chi connectivity index (χ1n) is 7.01. The van der Waals surface area contributed by atoms with Crippen molar-refractivity contribution < 1.29 is 4.92 Å². The Bertz CT molecular complexity index is 724. The molecule has 0 unspecified atom stereocenters. The highest BCUT2D eigenvalue weighted by atomic mass is 35.5. The van der Waals surface area contributed by atoms with Crippen LogP contribution in [0.25, 0.3) is 0 Å². The number of nitrogen functional groups attached to an aromatic ring is 1. The summed E-state index contributed by atoms with van der Waals surface area (Å²) >= 11 is 5.92. The lowest BCUT2D eigenvalue weighted by atomic mass is 10.3. The first-order chi connectivity index (χ1) is 10.9. The van der Waals surface area contributed by atoms with Crippen molar-refractivity contribution in [1.29, 1.82) is 0 Å². The molecule has 23 heavy (non-hydrogen) atoms. The smallest absolute Gasteiger partial charge is 0.353 e. The molecule has 0 aliphatic carbocycles. The Morgan fingerprint density at radius 3 is 2.78 bits per heavy atom. The predicted molar refractivity (Wildman–Crippen MR) is 91.2 cm³/mol. The van der Waals surface area contributed by atoms with E-state index >= 15 is 0 Å². The van der Waals surface area contributed by atoms with Crippen LogP contribution in [0.2, 0.25) is 5.02 Å². The number of hydrogen-bond donors (Lipinski definition) is 3. The molecule has 0 fully saturated rings. The van der Waals surface area contributed by atoms with Gasteiger partial charge >= 0.3 is 5.69 Å². The molecule has 122 valence electrons. The van der Waals surface area contributed by atoms with E-state index in [1.165, 1.54) is 0 Å². The molecule has 0 aliphatic rings. The van der Waals surface area contributed by atoms with Crippen LogP contribution in [0.4, 0.5) is 29.0 Å². The van der Waals surface area contributed by atoms with Crippen molar-refractivity contribution in [3.05, 3.63) is 39.4 Å². The minimum Gasteiger partial charge on any atom is -0.378 e. The quantitative estimate of drug-likeness (QED) is 0.544. The number of rotatable bonds is 6. The number of nitrogens with one attached hydrogen (secondary N) is 2. The second kappa shape index (κ2) is 7.10. The van der Waals surface area contributed by atoms with Crippen molar-refractivity contribution in [3.8, 4) is 0 Å². The number of anilines is 4. The van der Waals surface area contributed by atoms with Crippen LogP contribution in [0.1, 0.15) is 20.3 Å². The van der Waals surface area contributed by atoms with Crippen molar-refractivity contribution in [2.24, 2.45) is 0 Å². The molecular weight excluding hydrogens is 320 g/mol. The molecule has 9 heteroatoms. The maximum Gasteiger partial charge on any atom is 0.353 e. The first-order valence-corrected chi connectivity index (χ1v) is 7.39. The highest BCUT2D eigenvalue weighted by molar-refractivity contribution is 6.30. The molecule has 0 radical (unpaired) electrons. The zero-order chi connectivity index (χ0) is 17.0. The Morgan fingerprint density at radius 1 is 1.43 bits per heavy atom. The van der Waals surface area contributed by atoms with Gasteiger partial charge in [0.05, 0.1) is 4.92 Å². The van der Waals surface area contributed by atoms with Crippen LogP contribution in [0.3, 0.4) is 0 Å². The number of nitrogens with zero attached hydrogens (tertiary/aromatic N) is 3. The molecule has 2 aromatic rings. The fraction of sp³-hybridized carbons (Fsp3) is 0.286. The Labute approximate surface area is 138 Å². The standard InChI is InChI=1S/C14H17ClN6O2/c1-3-8(2)17-14-19-12(16)11(21(22)23)13(20-14)18-10-6-4-5-9(15)7-10/h4-8H,3H2,1-2H3,(H4,16,17,18,19,20)/t8-/m0/s1. The van der Waals surface area contributed by atoms with Crippen LogP contribution < -0.4 is 16.4 Å². The molecule has 1 heterocycles. The van der Waals surface area contributed by atoms with E-state index in [0.717, 1.165) is 6.42 Å². The van der Waals surface area contributed by atoms with Gasteiger partial charge < -0.3 is 16.4 Å². The number of hydrogen-bond acceptors (Lipinski definition) is 7. The summed E-state index contributed by atoms with van der Waals surface area (Å²) in [5, 5.41) is 17.7. The number of halogens is 1. The van der Waals surface area contributed by atoms with E-state index in [9.17, 15) is 10.1 Å². The van der Waals surface area contributed by atoms with Gasteiger partial charge in [-0.15, -0.1) is 0 Å². The molecule has 0 saturated heterocycles. The van der Waals surface area contributed by atoms with Crippen LogP contribution in [-0.4, -0.2) is 20.9 Å². The van der Waals surface area contributed by atoms with E-state index in [2.05, 4.69) is 20.6 Å². The van der Waals surface area contributed by atoms with Gasteiger partial charge in [-0.2, -0.15) is 9.97 Å². The predicted octanol–water partition coefficient (Wildman–Crippen LogP) is 3.57. The normalized spacial score (nSPS) is 11.8. The Balaban J connectivity index is 2.43. The molecule has 2 rings (SSSR count). The summed E-state index contributed by atoms with van der Waals surface area (Å²) in [6.07, 6.45) is 0.845. The van der Waals surface area contributed by atoms with Crippen LogP contribution in [0.5, 0.6) is 0 Å². The van der Waals surface area contributed by atoms with Gasteiger partial charge in [0, 0.05) is 16.8 Å².